The second-order valence-electron chi connectivity index (χ2n) is 6.07. The number of ether oxygens (including phenoxy) is 2. The Morgan fingerprint density at radius 2 is 1.79 bits per heavy atom. The normalized spacial score (nSPS) is 27.5. The molecule has 0 aliphatic heterocycles. The van der Waals surface area contributed by atoms with Gasteiger partial charge in [-0.15, -0.1) is 0 Å². The average Bonchev–Trinajstić information content (AvgIpc) is 2.29. The smallest absolute Gasteiger partial charge is 0.407 e. The number of methoxy groups -OCH3 is 1. The molecular weight excluding hydrogens is 248 g/mol. The van der Waals surface area contributed by atoms with Crippen molar-refractivity contribution in [1.29, 1.82) is 0 Å². The molecule has 0 radical (unpaired) electrons. The van der Waals surface area contributed by atoms with Crippen molar-refractivity contribution in [2.45, 2.75) is 63.6 Å². The summed E-state index contributed by atoms with van der Waals surface area (Å²) in [5.41, 5.74) is 4.56. The number of hydrogen-bond donors (Lipinski definition) is 2. The van der Waals surface area contributed by atoms with Gasteiger partial charge in [0.25, 0.3) is 0 Å². The van der Waals surface area contributed by atoms with Gasteiger partial charge in [-0.2, -0.15) is 0 Å². The first-order valence-electron chi connectivity index (χ1n) is 6.53. The molecule has 1 rings (SSSR count). The highest BCUT2D eigenvalue weighted by molar-refractivity contribution is 5.80. The van der Waals surface area contributed by atoms with Gasteiger partial charge in [-0.05, 0) is 46.5 Å². The van der Waals surface area contributed by atoms with E-state index in [0.717, 1.165) is 0 Å². The minimum absolute atomic E-state index is 0.00354. The van der Waals surface area contributed by atoms with Gasteiger partial charge in [0.1, 0.15) is 11.1 Å². The molecule has 1 saturated carbocycles. The lowest BCUT2D eigenvalue weighted by Gasteiger charge is -2.35. The summed E-state index contributed by atoms with van der Waals surface area (Å²) in [6, 6.07) is -0.00354. The summed E-state index contributed by atoms with van der Waals surface area (Å²) in [5.74, 6) is -0.386. The van der Waals surface area contributed by atoms with Gasteiger partial charge in [-0.3, -0.25) is 4.79 Å². The summed E-state index contributed by atoms with van der Waals surface area (Å²) in [7, 11) is 1.34. The predicted molar refractivity (Wildman–Crippen MR) is 70.6 cm³/mol. The monoisotopic (exact) mass is 272 g/mol. The van der Waals surface area contributed by atoms with Gasteiger partial charge in [0, 0.05) is 6.04 Å². The van der Waals surface area contributed by atoms with Gasteiger partial charge in [0.15, 0.2) is 0 Å². The second kappa shape index (κ2) is 5.77. The van der Waals surface area contributed by atoms with Crippen LogP contribution in [0.2, 0.25) is 0 Å². The number of esters is 1. The lowest BCUT2D eigenvalue weighted by atomic mass is 9.80. The van der Waals surface area contributed by atoms with Crippen LogP contribution in [0.4, 0.5) is 4.79 Å². The molecule has 1 amide bonds. The minimum Gasteiger partial charge on any atom is -0.468 e. The Hall–Kier alpha value is -1.30. The number of hydrogen-bond acceptors (Lipinski definition) is 5. The molecule has 0 aromatic heterocycles. The number of alkyl carbamates (subject to hydrolysis) is 1. The van der Waals surface area contributed by atoms with E-state index in [1.807, 2.05) is 20.8 Å². The SMILES string of the molecule is COC(=O)C1(N)CCC(NC(=O)OC(C)(C)C)CC1. The summed E-state index contributed by atoms with van der Waals surface area (Å²) in [4.78, 5) is 23.2. The summed E-state index contributed by atoms with van der Waals surface area (Å²) in [5, 5.41) is 2.80. The molecular formula is C13H24N2O4. The van der Waals surface area contributed by atoms with Gasteiger partial charge >= 0.3 is 12.1 Å². The summed E-state index contributed by atoms with van der Waals surface area (Å²) >= 11 is 0. The fourth-order valence-electron chi connectivity index (χ4n) is 2.16. The molecule has 0 saturated heterocycles. The molecule has 110 valence electrons. The topological polar surface area (TPSA) is 90.6 Å². The maximum Gasteiger partial charge on any atom is 0.407 e. The fraction of sp³-hybridized carbons (Fsp3) is 0.846. The molecule has 3 N–H and O–H groups in total. The molecule has 0 bridgehead atoms. The third kappa shape index (κ3) is 4.70. The molecule has 1 aliphatic rings. The Morgan fingerprint density at radius 3 is 2.21 bits per heavy atom. The highest BCUT2D eigenvalue weighted by Gasteiger charge is 2.39. The van der Waals surface area contributed by atoms with E-state index in [4.69, 9.17) is 15.2 Å². The largest absolute Gasteiger partial charge is 0.468 e. The van der Waals surface area contributed by atoms with Crippen LogP contribution in [0.3, 0.4) is 0 Å². The third-order valence-corrected chi connectivity index (χ3v) is 3.19. The van der Waals surface area contributed by atoms with E-state index < -0.39 is 17.2 Å². The number of amides is 1. The van der Waals surface area contributed by atoms with Crippen molar-refractivity contribution < 1.29 is 19.1 Å². The Labute approximate surface area is 114 Å². The molecule has 19 heavy (non-hydrogen) atoms. The molecule has 0 spiro atoms. The number of nitrogens with two attached hydrogens (primary N) is 1. The van der Waals surface area contributed by atoms with Crippen molar-refractivity contribution in [3.8, 4) is 0 Å². The first kappa shape index (κ1) is 15.8. The van der Waals surface area contributed by atoms with Crippen molar-refractivity contribution in [3.05, 3.63) is 0 Å². The highest BCUT2D eigenvalue weighted by atomic mass is 16.6. The van der Waals surface area contributed by atoms with Crippen LogP contribution in [0.15, 0.2) is 0 Å². The zero-order valence-corrected chi connectivity index (χ0v) is 12.1. The molecule has 0 aromatic rings. The lowest BCUT2D eigenvalue weighted by Crippen LogP contribution is -2.54. The zero-order chi connectivity index (χ0) is 14.7. The zero-order valence-electron chi connectivity index (χ0n) is 12.1. The van der Waals surface area contributed by atoms with Gasteiger partial charge < -0.3 is 20.5 Å². The van der Waals surface area contributed by atoms with Gasteiger partial charge in [-0.25, -0.2) is 4.79 Å². The van der Waals surface area contributed by atoms with E-state index in [2.05, 4.69) is 5.32 Å². The van der Waals surface area contributed by atoms with Crippen molar-refractivity contribution >= 4 is 12.1 Å². The van der Waals surface area contributed by atoms with Crippen LogP contribution < -0.4 is 11.1 Å². The highest BCUT2D eigenvalue weighted by Crippen LogP contribution is 2.27. The number of carbonyl (C=O) groups excluding carboxylic acids is 2. The van der Waals surface area contributed by atoms with Crippen molar-refractivity contribution in [3.63, 3.8) is 0 Å². The fourth-order valence-corrected chi connectivity index (χ4v) is 2.16. The molecule has 0 atom stereocenters. The van der Waals surface area contributed by atoms with Crippen LogP contribution in [0.1, 0.15) is 46.5 Å². The van der Waals surface area contributed by atoms with Crippen molar-refractivity contribution in [2.75, 3.05) is 7.11 Å². The Morgan fingerprint density at radius 1 is 1.26 bits per heavy atom. The minimum atomic E-state index is -0.916. The lowest BCUT2D eigenvalue weighted by molar-refractivity contribution is -0.148. The summed E-state index contributed by atoms with van der Waals surface area (Å²) < 4.78 is 9.89. The van der Waals surface area contributed by atoms with Gasteiger partial charge in [-0.1, -0.05) is 0 Å². The number of nitrogens with one attached hydrogen (secondary N) is 1. The molecule has 0 heterocycles. The van der Waals surface area contributed by atoms with E-state index in [1.165, 1.54) is 7.11 Å². The van der Waals surface area contributed by atoms with Gasteiger partial charge in [0.2, 0.25) is 0 Å². The van der Waals surface area contributed by atoms with Crippen LogP contribution in [0, 0.1) is 0 Å². The average molecular weight is 272 g/mol. The summed E-state index contributed by atoms with van der Waals surface area (Å²) in [6.45, 7) is 5.45. The third-order valence-electron chi connectivity index (χ3n) is 3.19. The molecule has 1 aliphatic carbocycles. The van der Waals surface area contributed by atoms with E-state index >= 15 is 0 Å². The van der Waals surface area contributed by atoms with Crippen LogP contribution >= 0.6 is 0 Å². The van der Waals surface area contributed by atoms with E-state index in [-0.39, 0.29) is 12.0 Å². The molecule has 0 unspecified atom stereocenters. The van der Waals surface area contributed by atoms with Crippen LogP contribution in [0.5, 0.6) is 0 Å². The molecule has 1 fully saturated rings. The first-order valence-corrected chi connectivity index (χ1v) is 6.53. The Bertz CT molecular complexity index is 341. The van der Waals surface area contributed by atoms with Crippen LogP contribution in [0.25, 0.3) is 0 Å². The van der Waals surface area contributed by atoms with Gasteiger partial charge in [0.05, 0.1) is 7.11 Å². The standard InChI is InChI=1S/C13H24N2O4/c1-12(2,3)19-11(17)15-9-5-7-13(14,8-6-9)10(16)18-4/h9H,5-8,14H2,1-4H3,(H,15,17). The maximum atomic E-state index is 11.6. The molecule has 6 heteroatoms. The van der Waals surface area contributed by atoms with E-state index in [9.17, 15) is 9.59 Å². The number of carbonyl (C=O) groups is 2. The second-order valence-corrected chi connectivity index (χ2v) is 6.07. The van der Waals surface area contributed by atoms with Crippen molar-refractivity contribution in [1.82, 2.24) is 5.32 Å². The molecule has 0 aromatic carbocycles. The van der Waals surface area contributed by atoms with Crippen LogP contribution in [-0.4, -0.2) is 36.4 Å². The molecule has 6 nitrogen and oxygen atoms in total. The van der Waals surface area contributed by atoms with Crippen LogP contribution in [-0.2, 0) is 14.3 Å². The Balaban J connectivity index is 2.42. The van der Waals surface area contributed by atoms with E-state index in [0.29, 0.717) is 25.7 Å². The van der Waals surface area contributed by atoms with E-state index in [1.54, 1.807) is 0 Å². The number of rotatable bonds is 2. The summed E-state index contributed by atoms with van der Waals surface area (Å²) in [6.07, 6.45) is 1.86. The quantitative estimate of drug-likeness (QED) is 0.740. The predicted octanol–water partition coefficient (Wildman–Crippen LogP) is 1.32. The first-order chi connectivity index (χ1) is 8.66. The Kier molecular flexibility index (Phi) is 4.79. The van der Waals surface area contributed by atoms with Crippen molar-refractivity contribution in [2.24, 2.45) is 5.73 Å². The maximum absolute atomic E-state index is 11.6.